The monoisotopic (exact) mass is 329 g/mol. The zero-order chi connectivity index (χ0) is 13.8. The van der Waals surface area contributed by atoms with Gasteiger partial charge in [-0.1, -0.05) is 22.4 Å². The lowest BCUT2D eigenvalue weighted by atomic mass is 9.98. The predicted molar refractivity (Wildman–Crippen MR) is 74.4 cm³/mol. The van der Waals surface area contributed by atoms with Gasteiger partial charge in [-0.05, 0) is 35.7 Å². The van der Waals surface area contributed by atoms with Gasteiger partial charge in [0.15, 0.2) is 5.69 Å². The number of nitro groups is 1. The molecule has 0 saturated heterocycles. The van der Waals surface area contributed by atoms with Crippen LogP contribution in [-0.2, 0) is 0 Å². The van der Waals surface area contributed by atoms with Crippen molar-refractivity contribution in [1.29, 1.82) is 0 Å². The molecule has 19 heavy (non-hydrogen) atoms. The summed E-state index contributed by atoms with van der Waals surface area (Å²) in [6, 6.07) is 2.73. The lowest BCUT2D eigenvalue weighted by Gasteiger charge is -2.17. The molecule has 0 aliphatic heterocycles. The van der Waals surface area contributed by atoms with Gasteiger partial charge in [0.1, 0.15) is 0 Å². The molecule has 2 rings (SSSR count). The Labute approximate surface area is 119 Å². The van der Waals surface area contributed by atoms with E-state index in [1.807, 2.05) is 0 Å². The van der Waals surface area contributed by atoms with E-state index in [-0.39, 0.29) is 17.4 Å². The molecule has 1 aromatic rings. The first kappa shape index (κ1) is 14.0. The van der Waals surface area contributed by atoms with E-state index in [0.717, 1.165) is 11.8 Å². The number of hydrogen-bond acceptors (Lipinski definition) is 3. The zero-order valence-corrected chi connectivity index (χ0v) is 12.0. The number of carbonyl (C=O) groups excluding carboxylic acids is 1. The Morgan fingerprint density at radius 1 is 1.47 bits per heavy atom. The van der Waals surface area contributed by atoms with Crippen molar-refractivity contribution < 1.29 is 9.72 Å². The van der Waals surface area contributed by atoms with Crippen molar-refractivity contribution in [2.45, 2.75) is 19.3 Å². The Hall–Kier alpha value is -1.37. The van der Waals surface area contributed by atoms with Crippen LogP contribution in [0, 0.1) is 22.0 Å². The van der Waals surface area contributed by atoms with Crippen molar-refractivity contribution in [3.8, 4) is 0 Å². The highest BCUT2D eigenvalue weighted by atomic mass is 79.9. The molecular formula is C12H16BrN3O3. The fourth-order valence-electron chi connectivity index (χ4n) is 2.53. The molecule has 1 aliphatic carbocycles. The number of nitrogens with one attached hydrogen (secondary N) is 2. The number of nitrogens with zero attached hydrogens (tertiary/aromatic N) is 1. The second-order valence-electron chi connectivity index (χ2n) is 4.83. The summed E-state index contributed by atoms with van der Waals surface area (Å²) < 4.78 is 0. The summed E-state index contributed by atoms with van der Waals surface area (Å²) in [7, 11) is 0. The third-order valence-corrected chi connectivity index (χ3v) is 4.48. The van der Waals surface area contributed by atoms with Gasteiger partial charge in [0.05, 0.1) is 0 Å². The maximum atomic E-state index is 11.9. The first-order valence-electron chi connectivity index (χ1n) is 6.29. The molecule has 6 nitrogen and oxygen atoms in total. The molecule has 2 atom stereocenters. The average Bonchev–Trinajstić information content (AvgIpc) is 3.04. The molecule has 0 radical (unpaired) electrons. The molecule has 2 unspecified atom stereocenters. The minimum absolute atomic E-state index is 0.163. The minimum atomic E-state index is -0.547. The highest BCUT2D eigenvalue weighted by Crippen LogP contribution is 2.32. The fourth-order valence-corrected chi connectivity index (χ4v) is 3.38. The van der Waals surface area contributed by atoms with E-state index in [0.29, 0.717) is 18.4 Å². The van der Waals surface area contributed by atoms with Crippen LogP contribution in [-0.4, -0.2) is 27.7 Å². The lowest BCUT2D eigenvalue weighted by molar-refractivity contribution is -0.389. The highest BCUT2D eigenvalue weighted by Gasteiger charge is 2.27. The normalized spacial score (nSPS) is 22.4. The number of aromatic nitrogens is 1. The van der Waals surface area contributed by atoms with E-state index < -0.39 is 4.92 Å². The Bertz CT molecular complexity index is 475. The van der Waals surface area contributed by atoms with Crippen LogP contribution in [0.25, 0.3) is 0 Å². The van der Waals surface area contributed by atoms with Crippen molar-refractivity contribution in [1.82, 2.24) is 10.3 Å². The summed E-state index contributed by atoms with van der Waals surface area (Å²) in [6.07, 6.45) is 3.52. The predicted octanol–water partition coefficient (Wildman–Crippen LogP) is 2.46. The van der Waals surface area contributed by atoms with E-state index >= 15 is 0 Å². The zero-order valence-electron chi connectivity index (χ0n) is 10.4. The van der Waals surface area contributed by atoms with Gasteiger partial charge in [0.25, 0.3) is 5.91 Å². The Balaban J connectivity index is 1.88. The van der Waals surface area contributed by atoms with Gasteiger partial charge in [-0.2, -0.15) is 0 Å². The number of rotatable bonds is 5. The molecule has 1 fully saturated rings. The molecule has 0 spiro atoms. The summed E-state index contributed by atoms with van der Waals surface area (Å²) >= 11 is 3.49. The van der Waals surface area contributed by atoms with E-state index in [1.54, 1.807) is 0 Å². The number of amides is 1. The largest absolute Gasteiger partial charge is 0.358 e. The molecule has 7 heteroatoms. The lowest BCUT2D eigenvalue weighted by Crippen LogP contribution is -2.31. The Morgan fingerprint density at radius 2 is 2.21 bits per heavy atom. The number of halogens is 1. The first-order chi connectivity index (χ1) is 9.11. The molecule has 1 amide bonds. The molecular weight excluding hydrogens is 314 g/mol. The topological polar surface area (TPSA) is 88.0 Å². The standard InChI is InChI=1S/C12H16BrN3O3/c13-6-8-2-1-3-9(8)7-14-12(17)10-4-5-11(15-10)16(18)19/h4-5,8-9,15H,1-3,6-7H2,(H,14,17). The quantitative estimate of drug-likeness (QED) is 0.494. The van der Waals surface area contributed by atoms with Gasteiger partial charge in [-0.3, -0.25) is 4.79 Å². The van der Waals surface area contributed by atoms with Crippen molar-refractivity contribution in [2.24, 2.45) is 11.8 Å². The maximum Gasteiger partial charge on any atom is 0.321 e. The van der Waals surface area contributed by atoms with Gasteiger partial charge in [0, 0.05) is 17.9 Å². The average molecular weight is 330 g/mol. The Kier molecular flexibility index (Phi) is 4.57. The van der Waals surface area contributed by atoms with Crippen molar-refractivity contribution in [3.63, 3.8) is 0 Å². The third kappa shape index (κ3) is 3.34. The molecule has 104 valence electrons. The van der Waals surface area contributed by atoms with E-state index in [2.05, 4.69) is 26.2 Å². The van der Waals surface area contributed by atoms with Crippen LogP contribution in [0.3, 0.4) is 0 Å². The SMILES string of the molecule is O=C(NCC1CCCC1CBr)c1ccc([N+](=O)[O-])[nH]1. The Morgan fingerprint density at radius 3 is 2.84 bits per heavy atom. The maximum absolute atomic E-state index is 11.9. The van der Waals surface area contributed by atoms with Crippen LogP contribution in [0.4, 0.5) is 5.82 Å². The van der Waals surface area contributed by atoms with Gasteiger partial charge in [-0.25, -0.2) is 4.98 Å². The molecule has 1 aliphatic rings. The second-order valence-corrected chi connectivity index (χ2v) is 5.48. The molecule has 1 saturated carbocycles. The second kappa shape index (κ2) is 6.18. The number of aromatic amines is 1. The van der Waals surface area contributed by atoms with E-state index in [9.17, 15) is 14.9 Å². The smallest absolute Gasteiger partial charge is 0.321 e. The molecule has 1 aromatic heterocycles. The fraction of sp³-hybridized carbons (Fsp3) is 0.583. The van der Waals surface area contributed by atoms with Crippen LogP contribution in [0.2, 0.25) is 0 Å². The van der Waals surface area contributed by atoms with Crippen LogP contribution in [0.15, 0.2) is 12.1 Å². The van der Waals surface area contributed by atoms with Crippen LogP contribution in [0.5, 0.6) is 0 Å². The minimum Gasteiger partial charge on any atom is -0.358 e. The van der Waals surface area contributed by atoms with Crippen LogP contribution >= 0.6 is 15.9 Å². The summed E-state index contributed by atoms with van der Waals surface area (Å²) in [5.41, 5.74) is 0.236. The number of carbonyl (C=O) groups is 1. The number of hydrogen-bond donors (Lipinski definition) is 2. The molecule has 2 N–H and O–H groups in total. The highest BCUT2D eigenvalue weighted by molar-refractivity contribution is 9.09. The van der Waals surface area contributed by atoms with Gasteiger partial charge in [0.2, 0.25) is 0 Å². The summed E-state index contributed by atoms with van der Waals surface area (Å²) in [5, 5.41) is 14.3. The molecule has 1 heterocycles. The van der Waals surface area contributed by atoms with Crippen LogP contribution in [0.1, 0.15) is 29.8 Å². The number of H-pyrrole nitrogens is 1. The molecule has 0 aromatic carbocycles. The summed E-state index contributed by atoms with van der Waals surface area (Å²) in [5.74, 6) is 0.657. The van der Waals surface area contributed by atoms with Gasteiger partial charge < -0.3 is 15.4 Å². The summed E-state index contributed by atoms with van der Waals surface area (Å²) in [6.45, 7) is 0.627. The van der Waals surface area contributed by atoms with Crippen molar-refractivity contribution >= 4 is 27.7 Å². The summed E-state index contributed by atoms with van der Waals surface area (Å²) in [4.78, 5) is 24.3. The van der Waals surface area contributed by atoms with Crippen LogP contribution < -0.4 is 5.32 Å². The van der Waals surface area contributed by atoms with Gasteiger partial charge >= 0.3 is 5.82 Å². The first-order valence-corrected chi connectivity index (χ1v) is 7.41. The van der Waals surface area contributed by atoms with Crippen molar-refractivity contribution in [3.05, 3.63) is 27.9 Å². The molecule has 0 bridgehead atoms. The van der Waals surface area contributed by atoms with Crippen molar-refractivity contribution in [2.75, 3.05) is 11.9 Å². The number of alkyl halides is 1. The van der Waals surface area contributed by atoms with E-state index in [1.165, 1.54) is 25.0 Å². The third-order valence-electron chi connectivity index (χ3n) is 3.65. The van der Waals surface area contributed by atoms with Gasteiger partial charge in [-0.15, -0.1) is 0 Å². The van der Waals surface area contributed by atoms with E-state index in [4.69, 9.17) is 0 Å².